The summed E-state index contributed by atoms with van der Waals surface area (Å²) in [6.45, 7) is 0.880. The van der Waals surface area contributed by atoms with E-state index in [0.29, 0.717) is 0 Å². The summed E-state index contributed by atoms with van der Waals surface area (Å²) in [5.41, 5.74) is 15.3. The van der Waals surface area contributed by atoms with Crippen LogP contribution >= 0.6 is 0 Å². The number of benzene rings is 4. The van der Waals surface area contributed by atoms with Crippen LogP contribution in [-0.2, 0) is 6.42 Å². The molecule has 0 saturated heterocycles. The first kappa shape index (κ1) is 29.5. The van der Waals surface area contributed by atoms with Gasteiger partial charge in [0, 0.05) is 40.8 Å². The van der Waals surface area contributed by atoms with Gasteiger partial charge < -0.3 is 9.88 Å². The smallest absolute Gasteiger partial charge is 0.156 e. The van der Waals surface area contributed by atoms with Crippen LogP contribution in [-0.4, -0.2) is 26.1 Å². The molecule has 51 heavy (non-hydrogen) atoms. The number of allylic oxidation sites excluding steroid dienone is 3. The highest BCUT2D eigenvalue weighted by atomic mass is 15.0. The zero-order valence-electron chi connectivity index (χ0n) is 28.0. The average Bonchev–Trinajstić information content (AvgIpc) is 3.55. The fourth-order valence-corrected chi connectivity index (χ4v) is 7.96. The van der Waals surface area contributed by atoms with Crippen molar-refractivity contribution in [2.45, 2.75) is 12.8 Å². The highest BCUT2D eigenvalue weighted by molar-refractivity contribution is 6.13. The second kappa shape index (κ2) is 12.2. The molecule has 4 aromatic heterocycles. The van der Waals surface area contributed by atoms with Crippen LogP contribution in [0.1, 0.15) is 34.4 Å². The number of aryl methyl sites for hydroxylation is 1. The van der Waals surface area contributed by atoms with E-state index in [1.807, 2.05) is 42.9 Å². The molecule has 2 aliphatic rings. The molecule has 5 nitrogen and oxygen atoms in total. The second-order valence-corrected chi connectivity index (χ2v) is 13.3. The van der Waals surface area contributed by atoms with Crippen molar-refractivity contribution >= 4 is 55.5 Å². The summed E-state index contributed by atoms with van der Waals surface area (Å²) in [6, 6.07) is 43.5. The standard InChI is InChI=1S/C46H33N5/c1-2-10-36-30(8-1)9-7-13-44(36)51-45-29-32(34-21-25-50-43(28-34)41-12-4-6-23-48-41)15-18-38(45)39-19-16-35-26-31(14-17-37(35)46(39)51)33-20-24-49-42(27-33)40-11-3-5-22-47-40/h1-13,15-16,18-24,26-29,50H,14,17,25H2/p+1. The lowest BCUT2D eigenvalue weighted by Gasteiger charge is -2.20. The molecular formula is C46H34N5+. The molecule has 5 heteroatoms. The van der Waals surface area contributed by atoms with Crippen LogP contribution in [0.5, 0.6) is 0 Å². The Morgan fingerprint density at radius 3 is 2.25 bits per heavy atom. The lowest BCUT2D eigenvalue weighted by Crippen LogP contribution is -2.81. The van der Waals surface area contributed by atoms with Crippen molar-refractivity contribution in [3.63, 3.8) is 0 Å². The van der Waals surface area contributed by atoms with Gasteiger partial charge in [-0.2, -0.15) is 0 Å². The number of hydrogen-bond acceptors (Lipinski definition) is 3. The lowest BCUT2D eigenvalue weighted by atomic mass is 9.87. The minimum Gasteiger partial charge on any atom is -0.309 e. The quantitative estimate of drug-likeness (QED) is 0.201. The Hall–Kier alpha value is -6.43. The van der Waals surface area contributed by atoms with Crippen LogP contribution in [0.15, 0.2) is 152 Å². The molecule has 4 aromatic carbocycles. The van der Waals surface area contributed by atoms with Crippen molar-refractivity contribution in [3.05, 3.63) is 180 Å². The predicted octanol–water partition coefficient (Wildman–Crippen LogP) is 9.28. The van der Waals surface area contributed by atoms with Gasteiger partial charge in [-0.25, -0.2) is 0 Å². The normalized spacial score (nSPS) is 14.3. The number of fused-ring (bicyclic) bond motifs is 6. The highest BCUT2D eigenvalue weighted by Gasteiger charge is 2.23. The zero-order valence-corrected chi connectivity index (χ0v) is 28.0. The molecule has 2 N–H and O–H groups in total. The van der Waals surface area contributed by atoms with Gasteiger partial charge in [0.1, 0.15) is 5.69 Å². The van der Waals surface area contributed by atoms with Crippen LogP contribution in [0.25, 0.3) is 72.6 Å². The van der Waals surface area contributed by atoms with Crippen molar-refractivity contribution in [3.8, 4) is 17.1 Å². The molecular weight excluding hydrogens is 623 g/mol. The van der Waals surface area contributed by atoms with Gasteiger partial charge in [0.25, 0.3) is 0 Å². The Morgan fingerprint density at radius 1 is 0.569 bits per heavy atom. The van der Waals surface area contributed by atoms with E-state index in [1.165, 1.54) is 77.4 Å². The molecule has 0 unspecified atom stereocenters. The molecule has 0 radical (unpaired) electrons. The van der Waals surface area contributed by atoms with E-state index in [4.69, 9.17) is 0 Å². The molecule has 0 spiro atoms. The first-order valence-corrected chi connectivity index (χ1v) is 17.6. The second-order valence-electron chi connectivity index (χ2n) is 13.3. The number of rotatable bonds is 5. The van der Waals surface area contributed by atoms with Gasteiger partial charge in [0.15, 0.2) is 5.70 Å². The van der Waals surface area contributed by atoms with Crippen molar-refractivity contribution in [2.24, 2.45) is 0 Å². The highest BCUT2D eigenvalue weighted by Crippen LogP contribution is 2.42. The van der Waals surface area contributed by atoms with E-state index in [2.05, 4.69) is 140 Å². The molecule has 1 aliphatic heterocycles. The Labute approximate surface area is 296 Å². The molecule has 10 rings (SSSR count). The van der Waals surface area contributed by atoms with Crippen molar-refractivity contribution in [2.75, 3.05) is 6.54 Å². The van der Waals surface area contributed by atoms with Gasteiger partial charge >= 0.3 is 0 Å². The van der Waals surface area contributed by atoms with E-state index in [0.717, 1.165) is 36.5 Å². The topological polar surface area (TPSA) is 60.2 Å². The number of aromatic nitrogens is 4. The fourth-order valence-electron chi connectivity index (χ4n) is 7.96. The zero-order chi connectivity index (χ0) is 33.7. The molecule has 0 bridgehead atoms. The minimum absolute atomic E-state index is 0.880. The Balaban J connectivity index is 1.17. The Bertz CT molecular complexity index is 2730. The SMILES string of the molecule is C1=C(c2ccc3c4ccc5c(c4n(-c4cccc6ccccc46)c3c2)CCC(c2ccnc(-c3ccccn3)c2)=C5)C=C(c2ccccn2)[NH2+]C1. The number of nitrogens with zero attached hydrogens (tertiary/aromatic N) is 4. The summed E-state index contributed by atoms with van der Waals surface area (Å²) in [5.74, 6) is 0. The average molecular weight is 657 g/mol. The maximum atomic E-state index is 4.64. The summed E-state index contributed by atoms with van der Waals surface area (Å²) in [4.78, 5) is 13.8. The molecule has 8 aromatic rings. The van der Waals surface area contributed by atoms with Gasteiger partial charge in [-0.05, 0) is 106 Å². The first-order valence-electron chi connectivity index (χ1n) is 17.6. The summed E-state index contributed by atoms with van der Waals surface area (Å²) in [5, 5.41) is 7.30. The molecule has 5 heterocycles. The summed E-state index contributed by atoms with van der Waals surface area (Å²) >= 11 is 0. The third-order valence-electron chi connectivity index (χ3n) is 10.4. The van der Waals surface area contributed by atoms with Crippen molar-refractivity contribution in [1.29, 1.82) is 0 Å². The fraction of sp³-hybridized carbons (Fsp3) is 0.0652. The van der Waals surface area contributed by atoms with E-state index in [1.54, 1.807) is 0 Å². The third kappa shape index (κ3) is 5.09. The number of hydrogen-bond donors (Lipinski definition) is 1. The molecule has 1 aliphatic carbocycles. The van der Waals surface area contributed by atoms with Crippen LogP contribution in [0.2, 0.25) is 0 Å². The first-order chi connectivity index (χ1) is 25.3. The third-order valence-corrected chi connectivity index (χ3v) is 10.4. The van der Waals surface area contributed by atoms with Gasteiger partial charge in [-0.3, -0.25) is 15.0 Å². The van der Waals surface area contributed by atoms with Crippen LogP contribution in [0.3, 0.4) is 0 Å². The van der Waals surface area contributed by atoms with Gasteiger partial charge in [0.2, 0.25) is 0 Å². The number of nitrogens with two attached hydrogens (primary N) is 1. The maximum absolute atomic E-state index is 4.64. The van der Waals surface area contributed by atoms with Crippen LogP contribution in [0, 0.1) is 0 Å². The minimum atomic E-state index is 0.880. The van der Waals surface area contributed by atoms with Crippen molar-refractivity contribution in [1.82, 2.24) is 19.5 Å². The summed E-state index contributed by atoms with van der Waals surface area (Å²) < 4.78 is 2.54. The number of pyridine rings is 3. The van der Waals surface area contributed by atoms with E-state index < -0.39 is 0 Å². The Kier molecular flexibility index (Phi) is 7.03. The van der Waals surface area contributed by atoms with Gasteiger partial charge in [0.05, 0.1) is 34.7 Å². The molecule has 242 valence electrons. The van der Waals surface area contributed by atoms with E-state index >= 15 is 0 Å². The lowest BCUT2D eigenvalue weighted by molar-refractivity contribution is -0.553. The van der Waals surface area contributed by atoms with Crippen LogP contribution in [0.4, 0.5) is 0 Å². The Morgan fingerprint density at radius 2 is 1.37 bits per heavy atom. The van der Waals surface area contributed by atoms with Gasteiger partial charge in [-0.15, -0.1) is 0 Å². The number of quaternary nitrogens is 1. The molecule has 0 fully saturated rings. The predicted molar refractivity (Wildman–Crippen MR) is 209 cm³/mol. The van der Waals surface area contributed by atoms with Crippen molar-refractivity contribution < 1.29 is 5.32 Å². The van der Waals surface area contributed by atoms with E-state index in [9.17, 15) is 0 Å². The molecule has 0 amide bonds. The monoisotopic (exact) mass is 656 g/mol. The maximum Gasteiger partial charge on any atom is 0.156 e. The van der Waals surface area contributed by atoms with E-state index in [-0.39, 0.29) is 0 Å². The van der Waals surface area contributed by atoms with Gasteiger partial charge in [-0.1, -0.05) is 78.9 Å². The van der Waals surface area contributed by atoms with Crippen LogP contribution < -0.4 is 5.32 Å². The molecule has 0 atom stereocenters. The molecule has 0 saturated carbocycles. The summed E-state index contributed by atoms with van der Waals surface area (Å²) in [6.07, 6.45) is 14.5. The largest absolute Gasteiger partial charge is 0.309 e. The summed E-state index contributed by atoms with van der Waals surface area (Å²) in [7, 11) is 0.